The average molecular weight is 481 g/mol. The molecule has 0 N–H and O–H groups in total. The maximum Gasteiger partial charge on any atom is -0.00970 e. The van der Waals surface area contributed by atoms with E-state index in [0.717, 1.165) is 17.5 Å². The van der Waals surface area contributed by atoms with Gasteiger partial charge < -0.3 is 0 Å². The number of hydrogen-bond acceptors (Lipinski definition) is 0. The zero-order chi connectivity index (χ0) is 23.6. The van der Waals surface area contributed by atoms with Gasteiger partial charge in [0.15, 0.2) is 0 Å². The molecule has 2 heteroatoms. The van der Waals surface area contributed by atoms with Crippen LogP contribution in [-0.2, 0) is 0 Å². The highest BCUT2D eigenvalue weighted by Gasteiger charge is 2.42. The minimum absolute atomic E-state index is 0.0489. The minimum Gasteiger partial charge on any atom is -0.0953 e. The molecule has 2 aliphatic carbocycles. The molecule has 0 nitrogen and oxygen atoms in total. The molecule has 0 bridgehead atoms. The third-order valence-corrected chi connectivity index (χ3v) is 15.2. The molecular formula is C31H46P2. The molecule has 2 aromatic carbocycles. The molecule has 3 atom stereocenters. The van der Waals surface area contributed by atoms with Crippen LogP contribution in [0.5, 0.6) is 0 Å². The van der Waals surface area contributed by atoms with E-state index < -0.39 is 0 Å². The highest BCUT2D eigenvalue weighted by Crippen LogP contribution is 2.63. The van der Waals surface area contributed by atoms with E-state index in [0.29, 0.717) is 10.3 Å². The first kappa shape index (κ1) is 25.4. The van der Waals surface area contributed by atoms with Gasteiger partial charge in [0, 0.05) is 0 Å². The molecule has 2 aromatic rings. The van der Waals surface area contributed by atoms with E-state index in [9.17, 15) is 0 Å². The maximum absolute atomic E-state index is 2.53. The van der Waals surface area contributed by atoms with Crippen molar-refractivity contribution in [3.63, 3.8) is 0 Å². The lowest BCUT2D eigenvalue weighted by Gasteiger charge is -2.44. The Hall–Kier alpha value is -0.700. The highest BCUT2D eigenvalue weighted by molar-refractivity contribution is 7.73. The Balaban J connectivity index is 1.73. The summed E-state index contributed by atoms with van der Waals surface area (Å²) in [6, 6.07) is 21.3. The molecule has 0 spiro atoms. The summed E-state index contributed by atoms with van der Waals surface area (Å²) in [5.41, 5.74) is 2.53. The molecule has 2 aliphatic rings. The summed E-state index contributed by atoms with van der Waals surface area (Å²) in [6.07, 6.45) is 11.3. The molecule has 33 heavy (non-hydrogen) atoms. The predicted molar refractivity (Wildman–Crippen MR) is 153 cm³/mol. The summed E-state index contributed by atoms with van der Waals surface area (Å²) >= 11 is 0. The van der Waals surface area contributed by atoms with Crippen LogP contribution in [0.2, 0.25) is 0 Å². The van der Waals surface area contributed by atoms with Crippen molar-refractivity contribution in [2.24, 2.45) is 5.92 Å². The van der Waals surface area contributed by atoms with E-state index >= 15 is 0 Å². The Morgan fingerprint density at radius 3 is 1.94 bits per heavy atom. The van der Waals surface area contributed by atoms with Crippen LogP contribution in [0.15, 0.2) is 54.6 Å². The van der Waals surface area contributed by atoms with Crippen molar-refractivity contribution in [1.29, 1.82) is 0 Å². The van der Waals surface area contributed by atoms with E-state index in [4.69, 9.17) is 0 Å². The lowest BCUT2D eigenvalue weighted by atomic mass is 9.98. The van der Waals surface area contributed by atoms with Crippen LogP contribution < -0.4 is 10.6 Å². The number of rotatable bonds is 6. The van der Waals surface area contributed by atoms with E-state index in [1.54, 1.807) is 16.2 Å². The Labute approximate surface area is 206 Å². The summed E-state index contributed by atoms with van der Waals surface area (Å²) in [6.45, 7) is 15.0. The largest absolute Gasteiger partial charge is 0.0953 e. The monoisotopic (exact) mass is 480 g/mol. The van der Waals surface area contributed by atoms with Crippen LogP contribution in [0.25, 0.3) is 0 Å². The molecule has 0 aliphatic heterocycles. The van der Waals surface area contributed by atoms with Gasteiger partial charge in [0.2, 0.25) is 0 Å². The van der Waals surface area contributed by atoms with Gasteiger partial charge in [-0.1, -0.05) is 123 Å². The van der Waals surface area contributed by atoms with E-state index in [2.05, 4.69) is 96.1 Å². The standard InChI is InChI=1S/C31H46P2/c1-30(2,3)32(31(4,5)6)23-25-17-14-22-28(25)33(26-18-8-7-9-19-26)29-21-13-12-20-27(29)24-15-10-11-16-24/h7-9,12-13,18-21,24-25,28H,10-11,14-17,22-23H2,1-6H3. The molecule has 0 saturated heterocycles. The van der Waals surface area contributed by atoms with Gasteiger partial charge in [0.05, 0.1) is 0 Å². The van der Waals surface area contributed by atoms with Crippen LogP contribution in [0.4, 0.5) is 0 Å². The number of hydrogen-bond donors (Lipinski definition) is 0. The Morgan fingerprint density at radius 2 is 1.30 bits per heavy atom. The zero-order valence-corrected chi connectivity index (χ0v) is 23.8. The second kappa shape index (κ2) is 10.5. The number of benzene rings is 2. The summed E-state index contributed by atoms with van der Waals surface area (Å²) < 4.78 is 0. The van der Waals surface area contributed by atoms with Crippen molar-refractivity contribution in [2.75, 3.05) is 6.16 Å². The van der Waals surface area contributed by atoms with Crippen LogP contribution in [0.1, 0.15) is 98.0 Å². The van der Waals surface area contributed by atoms with Gasteiger partial charge in [-0.3, -0.25) is 0 Å². The fourth-order valence-corrected chi connectivity index (χ4v) is 14.3. The van der Waals surface area contributed by atoms with E-state index in [1.807, 2.05) is 0 Å². The zero-order valence-electron chi connectivity index (χ0n) is 22.0. The SMILES string of the molecule is CC(C)(C)P(CC1CCCC1P(c1ccccc1)c1ccccc1C1CCCC1)C(C)(C)C. The smallest absolute Gasteiger partial charge is 0.00970 e. The molecule has 0 amide bonds. The van der Waals surface area contributed by atoms with Crippen LogP contribution >= 0.6 is 15.8 Å². The van der Waals surface area contributed by atoms with Crippen molar-refractivity contribution >= 4 is 26.5 Å². The van der Waals surface area contributed by atoms with Gasteiger partial charge >= 0.3 is 0 Å². The van der Waals surface area contributed by atoms with Crippen molar-refractivity contribution < 1.29 is 0 Å². The second-order valence-corrected chi connectivity index (χ2v) is 18.8. The highest BCUT2D eigenvalue weighted by atomic mass is 31.1. The van der Waals surface area contributed by atoms with Crippen LogP contribution in [0.3, 0.4) is 0 Å². The van der Waals surface area contributed by atoms with Gasteiger partial charge in [-0.05, 0) is 83.7 Å². The summed E-state index contributed by atoms with van der Waals surface area (Å²) in [7, 11) is -0.369. The summed E-state index contributed by atoms with van der Waals surface area (Å²) in [5.74, 6) is 1.66. The Morgan fingerprint density at radius 1 is 0.697 bits per heavy atom. The minimum atomic E-state index is -0.320. The molecule has 2 fully saturated rings. The van der Waals surface area contributed by atoms with Crippen molar-refractivity contribution in [3.8, 4) is 0 Å². The third-order valence-electron chi connectivity index (χ3n) is 8.01. The van der Waals surface area contributed by atoms with Crippen molar-refractivity contribution in [1.82, 2.24) is 0 Å². The van der Waals surface area contributed by atoms with Crippen LogP contribution in [-0.4, -0.2) is 22.1 Å². The van der Waals surface area contributed by atoms with Crippen LogP contribution in [0, 0.1) is 5.92 Å². The van der Waals surface area contributed by atoms with E-state index in [1.165, 1.54) is 51.1 Å². The molecule has 0 heterocycles. The first-order chi connectivity index (χ1) is 15.7. The maximum atomic E-state index is 2.53. The van der Waals surface area contributed by atoms with Gasteiger partial charge in [-0.2, -0.15) is 0 Å². The van der Waals surface area contributed by atoms with Crippen molar-refractivity contribution in [2.45, 2.75) is 108 Å². The second-order valence-electron chi connectivity index (χ2n) is 12.5. The van der Waals surface area contributed by atoms with Gasteiger partial charge in [0.25, 0.3) is 0 Å². The first-order valence-corrected chi connectivity index (χ1v) is 16.3. The molecule has 4 rings (SSSR count). The fraction of sp³-hybridized carbons (Fsp3) is 0.613. The molecule has 2 saturated carbocycles. The molecule has 0 radical (unpaired) electrons. The quantitative estimate of drug-likeness (QED) is 0.362. The lowest BCUT2D eigenvalue weighted by molar-refractivity contribution is 0.604. The summed E-state index contributed by atoms with van der Waals surface area (Å²) in [4.78, 5) is 0. The Kier molecular flexibility index (Phi) is 8.08. The van der Waals surface area contributed by atoms with Gasteiger partial charge in [-0.15, -0.1) is 0 Å². The Bertz CT molecular complexity index is 869. The average Bonchev–Trinajstić information content (AvgIpc) is 3.44. The third kappa shape index (κ3) is 5.93. The fourth-order valence-electron chi connectivity index (χ4n) is 6.75. The summed E-state index contributed by atoms with van der Waals surface area (Å²) in [5, 5.41) is 4.17. The van der Waals surface area contributed by atoms with Gasteiger partial charge in [0.1, 0.15) is 0 Å². The predicted octanol–water partition coefficient (Wildman–Crippen LogP) is 9.02. The normalized spacial score (nSPS) is 23.4. The topological polar surface area (TPSA) is 0 Å². The first-order valence-electron chi connectivity index (χ1n) is 13.4. The molecule has 3 unspecified atom stereocenters. The van der Waals surface area contributed by atoms with Gasteiger partial charge in [-0.25, -0.2) is 0 Å². The van der Waals surface area contributed by atoms with E-state index in [-0.39, 0.29) is 15.8 Å². The molecule has 0 aromatic heterocycles. The molecule has 180 valence electrons. The van der Waals surface area contributed by atoms with Crippen molar-refractivity contribution in [3.05, 3.63) is 60.2 Å². The molecular weight excluding hydrogens is 434 g/mol. The lowest BCUT2D eigenvalue weighted by Crippen LogP contribution is -2.33.